The number of hydrogen-bond acceptors (Lipinski definition) is 2. The predicted molar refractivity (Wildman–Crippen MR) is 63.2 cm³/mol. The van der Waals surface area contributed by atoms with E-state index in [4.69, 9.17) is 0 Å². The summed E-state index contributed by atoms with van der Waals surface area (Å²) in [4.78, 5) is 15.7. The van der Waals surface area contributed by atoms with Gasteiger partial charge < -0.3 is 4.57 Å². The van der Waals surface area contributed by atoms with E-state index in [0.29, 0.717) is 6.42 Å². The molecule has 0 saturated carbocycles. The van der Waals surface area contributed by atoms with E-state index in [1.165, 1.54) is 5.57 Å². The van der Waals surface area contributed by atoms with Gasteiger partial charge in [-0.25, -0.2) is 4.98 Å². The maximum atomic E-state index is 11.3. The Balaban J connectivity index is 2.08. The summed E-state index contributed by atoms with van der Waals surface area (Å²) >= 11 is 0. The van der Waals surface area contributed by atoms with Gasteiger partial charge in [-0.3, -0.25) is 4.79 Å². The first-order valence-electron chi connectivity index (χ1n) is 6.02. The summed E-state index contributed by atoms with van der Waals surface area (Å²) in [6.07, 6.45) is 10.4. The normalized spacial score (nSPS) is 16.3. The van der Waals surface area contributed by atoms with Gasteiger partial charge in [-0.05, 0) is 25.3 Å². The molecule has 0 fully saturated rings. The molecule has 1 aromatic heterocycles. The molecule has 0 aromatic carbocycles. The molecule has 1 aliphatic carbocycles. The lowest BCUT2D eigenvalue weighted by Gasteiger charge is -2.12. The number of imidazole rings is 1. The van der Waals surface area contributed by atoms with E-state index >= 15 is 0 Å². The van der Waals surface area contributed by atoms with Crippen molar-refractivity contribution in [2.24, 2.45) is 0 Å². The molecule has 86 valence electrons. The van der Waals surface area contributed by atoms with E-state index in [0.717, 1.165) is 38.1 Å². The van der Waals surface area contributed by atoms with Crippen LogP contribution in [-0.4, -0.2) is 15.3 Å². The van der Waals surface area contributed by atoms with Crippen molar-refractivity contribution in [2.45, 2.75) is 45.6 Å². The second kappa shape index (κ2) is 5.10. The van der Waals surface area contributed by atoms with Crippen molar-refractivity contribution < 1.29 is 4.79 Å². The molecule has 0 unspecified atom stereocenters. The van der Waals surface area contributed by atoms with Gasteiger partial charge in [-0.2, -0.15) is 0 Å². The van der Waals surface area contributed by atoms with E-state index in [-0.39, 0.29) is 5.78 Å². The van der Waals surface area contributed by atoms with Gasteiger partial charge in [0, 0.05) is 31.8 Å². The van der Waals surface area contributed by atoms with E-state index in [9.17, 15) is 4.79 Å². The highest BCUT2D eigenvalue weighted by molar-refractivity contribution is 5.91. The lowest BCUT2D eigenvalue weighted by molar-refractivity contribution is -0.115. The van der Waals surface area contributed by atoms with Crippen molar-refractivity contribution in [1.82, 2.24) is 9.55 Å². The fraction of sp³-hybridized carbons (Fsp3) is 0.538. The topological polar surface area (TPSA) is 34.9 Å². The van der Waals surface area contributed by atoms with Crippen LogP contribution in [0, 0.1) is 0 Å². The number of nitrogens with zero attached hydrogens (tertiary/aromatic N) is 2. The molecular formula is C13H18N2O. The molecular weight excluding hydrogens is 200 g/mol. The van der Waals surface area contributed by atoms with Crippen LogP contribution < -0.4 is 0 Å². The van der Waals surface area contributed by atoms with Crippen LogP contribution in [0.3, 0.4) is 0 Å². The molecule has 0 saturated heterocycles. The third-order valence-corrected chi connectivity index (χ3v) is 2.94. The maximum Gasteiger partial charge on any atom is 0.155 e. The third kappa shape index (κ3) is 2.60. The Morgan fingerprint density at radius 3 is 3.06 bits per heavy atom. The zero-order valence-corrected chi connectivity index (χ0v) is 9.78. The van der Waals surface area contributed by atoms with Gasteiger partial charge in [0.2, 0.25) is 0 Å². The summed E-state index contributed by atoms with van der Waals surface area (Å²) in [5.41, 5.74) is 1.24. The van der Waals surface area contributed by atoms with Crippen molar-refractivity contribution in [3.8, 4) is 0 Å². The summed E-state index contributed by atoms with van der Waals surface area (Å²) in [5, 5.41) is 0. The van der Waals surface area contributed by atoms with Gasteiger partial charge in [0.15, 0.2) is 5.78 Å². The van der Waals surface area contributed by atoms with Crippen LogP contribution >= 0.6 is 0 Å². The van der Waals surface area contributed by atoms with Gasteiger partial charge >= 0.3 is 0 Å². The van der Waals surface area contributed by atoms with Gasteiger partial charge in [-0.1, -0.05) is 12.5 Å². The molecule has 3 nitrogen and oxygen atoms in total. The minimum atomic E-state index is 0.273. The fourth-order valence-electron chi connectivity index (χ4n) is 2.16. The zero-order chi connectivity index (χ0) is 11.4. The first kappa shape index (κ1) is 11.1. The van der Waals surface area contributed by atoms with Crippen LogP contribution in [0.1, 0.15) is 38.4 Å². The van der Waals surface area contributed by atoms with Crippen molar-refractivity contribution in [2.75, 3.05) is 0 Å². The molecule has 0 radical (unpaired) electrons. The second-order valence-electron chi connectivity index (χ2n) is 4.34. The Morgan fingerprint density at radius 2 is 2.31 bits per heavy atom. The standard InChI is InChI=1S/C13H18N2O/c1-2-7-15-8-6-14-13(15)10-11-4-3-5-12(16)9-11/h6,8-9H,2-5,7,10H2,1H3. The number of aromatic nitrogens is 2. The molecule has 0 spiro atoms. The molecule has 0 atom stereocenters. The fourth-order valence-corrected chi connectivity index (χ4v) is 2.16. The van der Waals surface area contributed by atoms with Crippen molar-refractivity contribution in [3.63, 3.8) is 0 Å². The highest BCUT2D eigenvalue weighted by Crippen LogP contribution is 2.18. The molecule has 0 aliphatic heterocycles. The first-order valence-corrected chi connectivity index (χ1v) is 6.02. The predicted octanol–water partition coefficient (Wildman–Crippen LogP) is 2.52. The summed E-state index contributed by atoms with van der Waals surface area (Å²) in [5.74, 6) is 1.36. The van der Waals surface area contributed by atoms with E-state index in [2.05, 4.69) is 16.5 Å². The van der Waals surface area contributed by atoms with Gasteiger partial charge in [0.05, 0.1) is 0 Å². The molecule has 0 N–H and O–H groups in total. The van der Waals surface area contributed by atoms with Gasteiger partial charge in [-0.15, -0.1) is 0 Å². The average molecular weight is 218 g/mol. The number of rotatable bonds is 4. The molecule has 1 aromatic rings. The molecule has 1 heterocycles. The van der Waals surface area contributed by atoms with Crippen LogP contribution in [0.5, 0.6) is 0 Å². The largest absolute Gasteiger partial charge is 0.335 e. The second-order valence-corrected chi connectivity index (χ2v) is 4.34. The number of carbonyl (C=O) groups excluding carboxylic acids is 1. The number of allylic oxidation sites excluding steroid dienone is 2. The van der Waals surface area contributed by atoms with Crippen LogP contribution in [0.4, 0.5) is 0 Å². The minimum absolute atomic E-state index is 0.273. The van der Waals surface area contributed by atoms with Crippen molar-refractivity contribution >= 4 is 5.78 Å². The molecule has 2 rings (SSSR count). The number of ketones is 1. The number of aryl methyl sites for hydroxylation is 1. The average Bonchev–Trinajstić information content (AvgIpc) is 2.66. The van der Waals surface area contributed by atoms with Crippen LogP contribution in [0.25, 0.3) is 0 Å². The smallest absolute Gasteiger partial charge is 0.155 e. The van der Waals surface area contributed by atoms with E-state index in [1.54, 1.807) is 0 Å². The Hall–Kier alpha value is -1.38. The Morgan fingerprint density at radius 1 is 1.44 bits per heavy atom. The number of hydrogen-bond donors (Lipinski definition) is 0. The number of carbonyl (C=O) groups is 1. The zero-order valence-electron chi connectivity index (χ0n) is 9.78. The Labute approximate surface area is 96.2 Å². The summed E-state index contributed by atoms with van der Waals surface area (Å²) in [7, 11) is 0. The van der Waals surface area contributed by atoms with Gasteiger partial charge in [0.1, 0.15) is 5.82 Å². The first-order chi connectivity index (χ1) is 7.79. The monoisotopic (exact) mass is 218 g/mol. The molecule has 0 bridgehead atoms. The molecule has 16 heavy (non-hydrogen) atoms. The highest BCUT2D eigenvalue weighted by Gasteiger charge is 2.12. The van der Waals surface area contributed by atoms with E-state index < -0.39 is 0 Å². The molecule has 0 amide bonds. The third-order valence-electron chi connectivity index (χ3n) is 2.94. The van der Waals surface area contributed by atoms with Gasteiger partial charge in [0.25, 0.3) is 0 Å². The quantitative estimate of drug-likeness (QED) is 0.778. The Kier molecular flexibility index (Phi) is 3.54. The Bertz CT molecular complexity index is 404. The maximum absolute atomic E-state index is 11.3. The molecule has 1 aliphatic rings. The highest BCUT2D eigenvalue weighted by atomic mass is 16.1. The minimum Gasteiger partial charge on any atom is -0.335 e. The van der Waals surface area contributed by atoms with Crippen molar-refractivity contribution in [1.29, 1.82) is 0 Å². The van der Waals surface area contributed by atoms with E-state index in [1.807, 2.05) is 18.5 Å². The summed E-state index contributed by atoms with van der Waals surface area (Å²) in [6, 6.07) is 0. The summed E-state index contributed by atoms with van der Waals surface area (Å²) in [6.45, 7) is 3.17. The lowest BCUT2D eigenvalue weighted by Crippen LogP contribution is -2.08. The summed E-state index contributed by atoms with van der Waals surface area (Å²) < 4.78 is 2.18. The SMILES string of the molecule is CCCn1ccnc1CC1=CC(=O)CCC1. The van der Waals surface area contributed by atoms with Crippen LogP contribution in [-0.2, 0) is 17.8 Å². The lowest BCUT2D eigenvalue weighted by atomic mass is 9.96. The van der Waals surface area contributed by atoms with Crippen LogP contribution in [0.2, 0.25) is 0 Å². The molecule has 3 heteroatoms. The van der Waals surface area contributed by atoms with Crippen LogP contribution in [0.15, 0.2) is 24.0 Å². The van der Waals surface area contributed by atoms with Crippen molar-refractivity contribution in [3.05, 3.63) is 29.9 Å².